The Morgan fingerprint density at radius 2 is 1.27 bits per heavy atom. The van der Waals surface area contributed by atoms with E-state index in [-0.39, 0.29) is 43.7 Å². The van der Waals surface area contributed by atoms with E-state index in [1.54, 1.807) is 70.3 Å². The van der Waals surface area contributed by atoms with Crippen molar-refractivity contribution in [1.29, 1.82) is 0 Å². The first-order chi connectivity index (χ1) is 35.1. The van der Waals surface area contributed by atoms with Crippen LogP contribution in [0.3, 0.4) is 0 Å². The van der Waals surface area contributed by atoms with Crippen molar-refractivity contribution in [2.45, 2.75) is 113 Å². The van der Waals surface area contributed by atoms with Crippen molar-refractivity contribution in [1.82, 2.24) is 42.2 Å². The van der Waals surface area contributed by atoms with Gasteiger partial charge in [-0.15, -0.1) is 0 Å². The van der Waals surface area contributed by atoms with E-state index in [1.165, 1.54) is 24.3 Å². The number of aromatic amines is 1. The molecule has 3 unspecified atom stereocenters. The molecule has 4 aromatic rings. The van der Waals surface area contributed by atoms with Gasteiger partial charge < -0.3 is 69.0 Å². The van der Waals surface area contributed by atoms with E-state index in [9.17, 15) is 58.5 Å². The van der Waals surface area contributed by atoms with Gasteiger partial charge in [-0.1, -0.05) is 96.1 Å². The number of carbonyl (C=O) groups is 9. The fourth-order valence-electron chi connectivity index (χ4n) is 7.98. The molecular formula is C50H64N10O12S2. The van der Waals surface area contributed by atoms with Crippen molar-refractivity contribution in [2.24, 2.45) is 17.4 Å². The number of rotatable bonds is 16. The first kappa shape index (κ1) is 57.7. The Hall–Kier alpha value is -7.15. The van der Waals surface area contributed by atoms with E-state index < -0.39 is 119 Å². The van der Waals surface area contributed by atoms with Gasteiger partial charge in [0.2, 0.25) is 41.4 Å². The normalized spacial score (nSPS) is 22.2. The van der Waals surface area contributed by atoms with E-state index >= 15 is 0 Å². The standard InChI is InChI=1S/C50H64N10O12S2/c1-26(2)40(49(71)72)59-47(69)38-25-73-74-50(3,4)41(60-42(64)32(52)23-39(62)63)48(70)57-36(20-27-10-6-5-7-11-27)44(66)56-37(22-29-24-53-33-13-9-8-12-31(29)33)46(68)54-34(18-19-51)43(65)55-35(45(67)58-38)21-28-14-16-30(61)17-15-28/h5-17,24,26,32,34-38,40-41,53,61H,18-23,25,51-52H2,1-4H3,(H,54,68)(H,55,65)(H,56,66)(H,57,70)(H,58,67)(H,59,69)(H,60,64)(H,62,63)(H,71,72)/t32-,34?,35-,36-,37?,38-,40-,41?/m0/s1. The lowest BCUT2D eigenvalue weighted by Gasteiger charge is -2.35. The van der Waals surface area contributed by atoms with Crippen LogP contribution in [0.1, 0.15) is 57.2 Å². The van der Waals surface area contributed by atoms with Gasteiger partial charge in [-0.3, -0.25) is 38.4 Å². The van der Waals surface area contributed by atoms with Crippen molar-refractivity contribution in [3.8, 4) is 5.75 Å². The lowest BCUT2D eigenvalue weighted by atomic mass is 9.98. The molecule has 8 atom stereocenters. The fourth-order valence-corrected chi connectivity index (χ4v) is 10.8. The smallest absolute Gasteiger partial charge is 0.326 e. The van der Waals surface area contributed by atoms with Crippen molar-refractivity contribution >= 4 is 85.8 Å². The lowest BCUT2D eigenvalue weighted by Crippen LogP contribution is -2.63. The molecule has 0 bridgehead atoms. The SMILES string of the molecule is CC(C)[C@H](NC(=O)[C@@H]1CSSC(C)(C)C(NC(=O)[C@@H](N)CC(=O)O)C(=O)N[C@@H](Cc2ccccc2)C(=O)NC(Cc2c[nH]c3ccccc23)C(=O)NC(CCN)C(=O)N[C@@H](Cc2ccc(O)cc2)C(=O)N1)C(=O)O. The number of benzene rings is 3. The number of phenolic OH excluding ortho intramolecular Hbond substituents is 1. The summed E-state index contributed by atoms with van der Waals surface area (Å²) < 4.78 is -1.42. The summed E-state index contributed by atoms with van der Waals surface area (Å²) in [5, 5.41) is 48.8. The van der Waals surface area contributed by atoms with Gasteiger partial charge in [0, 0.05) is 46.9 Å². The molecule has 398 valence electrons. The highest BCUT2D eigenvalue weighted by molar-refractivity contribution is 8.77. The molecule has 0 saturated carbocycles. The first-order valence-corrected chi connectivity index (χ1v) is 26.1. The highest BCUT2D eigenvalue weighted by Gasteiger charge is 2.42. The summed E-state index contributed by atoms with van der Waals surface area (Å²) in [5.41, 5.74) is 14.3. The Balaban J connectivity index is 1.65. The molecule has 0 radical (unpaired) electrons. The first-order valence-electron chi connectivity index (χ1n) is 23.8. The zero-order valence-corrected chi connectivity index (χ0v) is 42.8. The predicted octanol–water partition coefficient (Wildman–Crippen LogP) is 0.360. The van der Waals surface area contributed by atoms with Gasteiger partial charge in [-0.25, -0.2) is 4.79 Å². The van der Waals surface area contributed by atoms with Gasteiger partial charge in [0.05, 0.1) is 12.5 Å². The summed E-state index contributed by atoms with van der Waals surface area (Å²) in [6, 6.07) is 9.70. The molecule has 5 rings (SSSR count). The Bertz CT molecular complexity index is 2650. The lowest BCUT2D eigenvalue weighted by molar-refractivity contribution is -0.143. The molecule has 1 fully saturated rings. The van der Waals surface area contributed by atoms with Crippen LogP contribution in [-0.4, -0.2) is 139 Å². The van der Waals surface area contributed by atoms with E-state index in [2.05, 4.69) is 42.2 Å². The number of para-hydroxylation sites is 1. The van der Waals surface area contributed by atoms with Gasteiger partial charge in [0.25, 0.3) is 0 Å². The van der Waals surface area contributed by atoms with Crippen molar-refractivity contribution < 1.29 is 58.5 Å². The number of phenols is 1. The second-order valence-corrected chi connectivity index (χ2v) is 21.7. The Morgan fingerprint density at radius 3 is 1.86 bits per heavy atom. The number of H-pyrrole nitrogens is 1. The van der Waals surface area contributed by atoms with E-state index in [1.807, 2.05) is 18.2 Å². The number of aliphatic carboxylic acids is 2. The van der Waals surface area contributed by atoms with Crippen LogP contribution in [0.25, 0.3) is 10.9 Å². The number of aromatic nitrogens is 1. The summed E-state index contributed by atoms with van der Waals surface area (Å²) in [7, 11) is 1.90. The molecule has 0 spiro atoms. The average molecular weight is 1060 g/mol. The molecule has 15 N–H and O–H groups in total. The molecule has 1 aliphatic heterocycles. The number of carbonyl (C=O) groups excluding carboxylic acids is 7. The summed E-state index contributed by atoms with van der Waals surface area (Å²) in [5.74, 6) is -10.1. The third kappa shape index (κ3) is 16.4. The molecule has 22 nitrogen and oxygen atoms in total. The van der Waals surface area contributed by atoms with Crippen LogP contribution < -0.4 is 48.7 Å². The molecular weight excluding hydrogens is 997 g/mol. The number of hydrogen-bond donors (Lipinski definition) is 13. The van der Waals surface area contributed by atoms with Crippen LogP contribution in [0, 0.1) is 5.92 Å². The number of aromatic hydroxyl groups is 1. The van der Waals surface area contributed by atoms with Crippen molar-refractivity contribution in [3.63, 3.8) is 0 Å². The molecule has 1 aromatic heterocycles. The molecule has 1 aliphatic rings. The monoisotopic (exact) mass is 1060 g/mol. The van der Waals surface area contributed by atoms with Crippen molar-refractivity contribution in [2.75, 3.05) is 12.3 Å². The maximum Gasteiger partial charge on any atom is 0.326 e. The minimum atomic E-state index is -1.62. The summed E-state index contributed by atoms with van der Waals surface area (Å²) >= 11 is 0. The molecule has 74 heavy (non-hydrogen) atoms. The molecule has 1 saturated heterocycles. The van der Waals surface area contributed by atoms with Gasteiger partial charge in [-0.05, 0) is 67.6 Å². The van der Waals surface area contributed by atoms with Crippen LogP contribution in [0.2, 0.25) is 0 Å². The number of nitrogens with two attached hydrogens (primary N) is 2. The number of fused-ring (bicyclic) bond motifs is 1. The topological polar surface area (TPSA) is 366 Å². The minimum Gasteiger partial charge on any atom is -0.508 e. The number of hydrogen-bond acceptors (Lipinski definition) is 14. The summed E-state index contributed by atoms with van der Waals surface area (Å²) in [4.78, 5) is 128. The van der Waals surface area contributed by atoms with Crippen molar-refractivity contribution in [3.05, 3.63) is 102 Å². The van der Waals surface area contributed by atoms with Crippen LogP contribution in [0.15, 0.2) is 85.1 Å². The van der Waals surface area contributed by atoms with Gasteiger partial charge >= 0.3 is 11.9 Å². The van der Waals surface area contributed by atoms with E-state index in [0.29, 0.717) is 16.7 Å². The quantitative estimate of drug-likeness (QED) is 0.0674. The number of amides is 7. The zero-order chi connectivity index (χ0) is 54.3. The van der Waals surface area contributed by atoms with Gasteiger partial charge in [0.1, 0.15) is 48.0 Å². The third-order valence-electron chi connectivity index (χ3n) is 12.1. The second-order valence-electron chi connectivity index (χ2n) is 18.7. The number of carboxylic acids is 2. The molecule has 2 heterocycles. The summed E-state index contributed by atoms with van der Waals surface area (Å²) in [6.45, 7) is 6.10. The summed E-state index contributed by atoms with van der Waals surface area (Å²) in [6.07, 6.45) is 0.226. The number of nitrogens with one attached hydrogen (secondary N) is 8. The highest BCUT2D eigenvalue weighted by Crippen LogP contribution is 2.39. The Kier molecular flexibility index (Phi) is 20.8. The van der Waals surface area contributed by atoms with E-state index in [4.69, 9.17) is 11.5 Å². The molecule has 0 aliphatic carbocycles. The number of carboxylic acid groups (broad SMARTS) is 2. The van der Waals surface area contributed by atoms with Gasteiger partial charge in [-0.2, -0.15) is 0 Å². The average Bonchev–Trinajstić information content (AvgIpc) is 3.75. The Morgan fingerprint density at radius 1 is 0.730 bits per heavy atom. The largest absolute Gasteiger partial charge is 0.508 e. The maximum absolute atomic E-state index is 14.8. The van der Waals surface area contributed by atoms with Crippen LogP contribution in [0.4, 0.5) is 0 Å². The third-order valence-corrected chi connectivity index (χ3v) is 15.4. The van der Waals surface area contributed by atoms with Gasteiger partial charge in [0.15, 0.2) is 0 Å². The fraction of sp³-hybridized carbons (Fsp3) is 0.420. The molecule has 24 heteroatoms. The van der Waals surface area contributed by atoms with Crippen LogP contribution in [-0.2, 0) is 62.4 Å². The highest BCUT2D eigenvalue weighted by atomic mass is 33.1. The second kappa shape index (κ2) is 26.7. The molecule has 3 aromatic carbocycles. The predicted molar refractivity (Wildman–Crippen MR) is 278 cm³/mol. The maximum atomic E-state index is 14.8. The van der Waals surface area contributed by atoms with Crippen LogP contribution in [0.5, 0.6) is 5.75 Å². The van der Waals surface area contributed by atoms with E-state index in [0.717, 1.165) is 32.5 Å². The Labute approximate surface area is 434 Å². The zero-order valence-electron chi connectivity index (χ0n) is 41.2. The minimum absolute atomic E-state index is 0.0837. The molecule has 7 amide bonds. The van der Waals surface area contributed by atoms with Crippen LogP contribution >= 0.6 is 21.6 Å².